The molecule has 0 saturated heterocycles. The Morgan fingerprint density at radius 2 is 1.78 bits per heavy atom. The van der Waals surface area contributed by atoms with E-state index in [9.17, 15) is 9.18 Å². The third kappa shape index (κ3) is 2.51. The van der Waals surface area contributed by atoms with Crippen molar-refractivity contribution in [1.29, 1.82) is 0 Å². The zero-order valence-corrected chi connectivity index (χ0v) is 11.2. The molecule has 2 aromatic rings. The maximum atomic E-state index is 13.8. The second kappa shape index (κ2) is 5.27. The van der Waals surface area contributed by atoms with Crippen molar-refractivity contribution in [2.24, 2.45) is 0 Å². The van der Waals surface area contributed by atoms with Gasteiger partial charge in [0.15, 0.2) is 0 Å². The van der Waals surface area contributed by atoms with E-state index >= 15 is 0 Å². The normalized spacial score (nSPS) is 10.4. The van der Waals surface area contributed by atoms with Crippen LogP contribution in [0.1, 0.15) is 10.4 Å². The number of benzene rings is 2. The van der Waals surface area contributed by atoms with Gasteiger partial charge in [0.2, 0.25) is 0 Å². The van der Waals surface area contributed by atoms with Crippen molar-refractivity contribution in [2.45, 2.75) is 0 Å². The summed E-state index contributed by atoms with van der Waals surface area (Å²) in [6.07, 6.45) is 0. The first-order chi connectivity index (χ1) is 8.50. The van der Waals surface area contributed by atoms with Gasteiger partial charge in [0, 0.05) is 11.1 Å². The summed E-state index contributed by atoms with van der Waals surface area (Å²) in [5.74, 6) is -0.542. The molecule has 0 aliphatic carbocycles. The van der Waals surface area contributed by atoms with Crippen LogP contribution in [0, 0.1) is 5.82 Å². The first-order valence-electron chi connectivity index (χ1n) is 4.94. The molecule has 0 unspecified atom stereocenters. The van der Waals surface area contributed by atoms with Crippen molar-refractivity contribution in [3.05, 3.63) is 57.8 Å². The molecular formula is C13H6Cl3FO. The van der Waals surface area contributed by atoms with Crippen LogP contribution in [0.15, 0.2) is 36.4 Å². The molecule has 0 N–H and O–H groups in total. The predicted molar refractivity (Wildman–Crippen MR) is 72.0 cm³/mol. The van der Waals surface area contributed by atoms with E-state index in [2.05, 4.69) is 0 Å². The highest BCUT2D eigenvalue weighted by Gasteiger charge is 2.15. The second-order valence-corrected chi connectivity index (χ2v) is 4.72. The molecule has 0 saturated carbocycles. The highest BCUT2D eigenvalue weighted by molar-refractivity contribution is 6.68. The van der Waals surface area contributed by atoms with Crippen LogP contribution in [-0.2, 0) is 0 Å². The Morgan fingerprint density at radius 1 is 1.06 bits per heavy atom. The van der Waals surface area contributed by atoms with E-state index in [4.69, 9.17) is 34.8 Å². The highest BCUT2D eigenvalue weighted by Crippen LogP contribution is 2.32. The summed E-state index contributed by atoms with van der Waals surface area (Å²) in [5, 5.41) is -0.0866. The Labute approximate surface area is 118 Å². The lowest BCUT2D eigenvalue weighted by atomic mass is 10.00. The molecule has 5 heteroatoms. The van der Waals surface area contributed by atoms with Crippen molar-refractivity contribution in [2.75, 3.05) is 0 Å². The molecule has 2 rings (SSSR count). The SMILES string of the molecule is O=C(Cl)c1cccc(F)c1-c1ccc(Cl)c(Cl)c1. The van der Waals surface area contributed by atoms with Crippen molar-refractivity contribution in [3.8, 4) is 11.1 Å². The molecule has 92 valence electrons. The third-order valence-electron chi connectivity index (χ3n) is 2.43. The molecule has 1 nitrogen and oxygen atoms in total. The van der Waals surface area contributed by atoms with Gasteiger partial charge >= 0.3 is 0 Å². The summed E-state index contributed by atoms with van der Waals surface area (Å²) in [4.78, 5) is 11.3. The van der Waals surface area contributed by atoms with Gasteiger partial charge in [-0.1, -0.05) is 35.3 Å². The van der Waals surface area contributed by atoms with Gasteiger partial charge in [0.1, 0.15) is 5.82 Å². The second-order valence-electron chi connectivity index (χ2n) is 3.56. The van der Waals surface area contributed by atoms with E-state index in [1.807, 2.05) is 0 Å². The molecular weight excluding hydrogens is 297 g/mol. The highest BCUT2D eigenvalue weighted by atomic mass is 35.5. The van der Waals surface area contributed by atoms with Gasteiger partial charge in [-0.3, -0.25) is 4.79 Å². The first kappa shape index (κ1) is 13.3. The topological polar surface area (TPSA) is 17.1 Å². The molecule has 0 fully saturated rings. The monoisotopic (exact) mass is 302 g/mol. The molecule has 2 aromatic carbocycles. The van der Waals surface area contributed by atoms with E-state index < -0.39 is 11.1 Å². The maximum absolute atomic E-state index is 13.8. The number of carbonyl (C=O) groups is 1. The molecule has 0 bridgehead atoms. The van der Waals surface area contributed by atoms with Gasteiger partial charge in [-0.25, -0.2) is 4.39 Å². The fraction of sp³-hybridized carbons (Fsp3) is 0. The van der Waals surface area contributed by atoms with Gasteiger partial charge in [0.05, 0.1) is 10.0 Å². The quantitative estimate of drug-likeness (QED) is 0.699. The van der Waals surface area contributed by atoms with E-state index in [-0.39, 0.29) is 16.1 Å². The van der Waals surface area contributed by atoms with E-state index in [0.29, 0.717) is 10.6 Å². The number of halogens is 4. The summed E-state index contributed by atoms with van der Waals surface area (Å²) < 4.78 is 13.8. The number of rotatable bonds is 2. The van der Waals surface area contributed by atoms with Crippen LogP contribution in [0.5, 0.6) is 0 Å². The summed E-state index contributed by atoms with van der Waals surface area (Å²) in [6.45, 7) is 0. The summed E-state index contributed by atoms with van der Waals surface area (Å²) >= 11 is 17.1. The van der Waals surface area contributed by atoms with Crippen molar-refractivity contribution >= 4 is 40.0 Å². The minimum absolute atomic E-state index is 0.0926. The fourth-order valence-corrected chi connectivity index (χ4v) is 2.09. The average molecular weight is 304 g/mol. The predicted octanol–water partition coefficient (Wildman–Crippen LogP) is 5.18. The van der Waals surface area contributed by atoms with E-state index in [0.717, 1.165) is 0 Å². The Hall–Kier alpha value is -1.09. The molecule has 0 aliphatic heterocycles. The van der Waals surface area contributed by atoms with Crippen LogP contribution in [0.3, 0.4) is 0 Å². The van der Waals surface area contributed by atoms with E-state index in [1.165, 1.54) is 30.3 Å². The van der Waals surface area contributed by atoms with Crippen LogP contribution in [0.25, 0.3) is 11.1 Å². The third-order valence-corrected chi connectivity index (χ3v) is 3.38. The molecule has 0 amide bonds. The zero-order chi connectivity index (χ0) is 13.3. The van der Waals surface area contributed by atoms with Crippen molar-refractivity contribution in [3.63, 3.8) is 0 Å². The Kier molecular flexibility index (Phi) is 3.91. The molecule has 18 heavy (non-hydrogen) atoms. The lowest BCUT2D eigenvalue weighted by molar-refractivity contribution is 0.108. The number of carbonyl (C=O) groups excluding carboxylic acids is 1. The Bertz CT molecular complexity index is 626. The first-order valence-corrected chi connectivity index (χ1v) is 6.08. The summed E-state index contributed by atoms with van der Waals surface area (Å²) in [6, 6.07) is 8.74. The number of hydrogen-bond acceptors (Lipinski definition) is 1. The molecule has 0 spiro atoms. The summed E-state index contributed by atoms with van der Waals surface area (Å²) in [7, 11) is 0. The van der Waals surface area contributed by atoms with Gasteiger partial charge in [-0.15, -0.1) is 0 Å². The largest absolute Gasteiger partial charge is 0.276 e. The fourth-order valence-electron chi connectivity index (χ4n) is 1.63. The molecule has 0 heterocycles. The van der Waals surface area contributed by atoms with Crippen LogP contribution in [0.2, 0.25) is 10.0 Å². The smallest absolute Gasteiger partial charge is 0.253 e. The van der Waals surface area contributed by atoms with Crippen molar-refractivity contribution in [1.82, 2.24) is 0 Å². The molecule has 0 atom stereocenters. The van der Waals surface area contributed by atoms with E-state index in [1.54, 1.807) is 6.07 Å². The lowest BCUT2D eigenvalue weighted by Gasteiger charge is -2.08. The molecule has 0 aliphatic rings. The Balaban J connectivity index is 2.69. The van der Waals surface area contributed by atoms with Gasteiger partial charge < -0.3 is 0 Å². The number of hydrogen-bond donors (Lipinski definition) is 0. The Morgan fingerprint density at radius 3 is 2.39 bits per heavy atom. The standard InChI is InChI=1S/C13H6Cl3FO/c14-9-5-4-7(6-10(9)15)12-8(13(16)18)2-1-3-11(12)17/h1-6H. The van der Waals surface area contributed by atoms with Gasteiger partial charge in [-0.2, -0.15) is 0 Å². The average Bonchev–Trinajstić information content (AvgIpc) is 2.32. The lowest BCUT2D eigenvalue weighted by Crippen LogP contribution is -1.96. The minimum atomic E-state index is -0.726. The van der Waals surface area contributed by atoms with Crippen molar-refractivity contribution < 1.29 is 9.18 Å². The zero-order valence-electron chi connectivity index (χ0n) is 8.88. The molecule has 0 aromatic heterocycles. The van der Waals surface area contributed by atoms with Crippen LogP contribution in [0.4, 0.5) is 4.39 Å². The van der Waals surface area contributed by atoms with Crippen LogP contribution < -0.4 is 0 Å². The summed E-state index contributed by atoms with van der Waals surface area (Å²) in [5.41, 5.74) is 0.664. The maximum Gasteiger partial charge on any atom is 0.253 e. The molecule has 0 radical (unpaired) electrons. The van der Waals surface area contributed by atoms with Crippen LogP contribution >= 0.6 is 34.8 Å². The van der Waals surface area contributed by atoms with Gasteiger partial charge in [0.25, 0.3) is 5.24 Å². The van der Waals surface area contributed by atoms with Gasteiger partial charge in [-0.05, 0) is 41.4 Å². The van der Waals surface area contributed by atoms with Crippen LogP contribution in [-0.4, -0.2) is 5.24 Å². The minimum Gasteiger partial charge on any atom is -0.276 e.